The van der Waals surface area contributed by atoms with Crippen molar-refractivity contribution in [3.63, 3.8) is 0 Å². The average Bonchev–Trinajstić information content (AvgIpc) is 2.68. The van der Waals surface area contributed by atoms with Crippen LogP contribution in [0, 0.1) is 0 Å². The Balaban J connectivity index is 3.38. The van der Waals surface area contributed by atoms with Crippen molar-refractivity contribution in [2.45, 2.75) is 128 Å². The zero-order valence-electron chi connectivity index (χ0n) is 19.1. The monoisotopic (exact) mass is 469 g/mol. The zero-order chi connectivity index (χ0) is 23.4. The van der Waals surface area contributed by atoms with Gasteiger partial charge in [-0.2, -0.15) is 21.6 Å². The highest BCUT2D eigenvalue weighted by Crippen LogP contribution is 2.21. The average molecular weight is 470 g/mol. The SMILES string of the molecule is CCCCCCCC/C=C\CCCCCCCCCCCC(=O)NS(=O)(=O)C(F)(F)F. The molecule has 0 saturated heterocycles. The number of alkyl halides is 3. The molecule has 0 radical (unpaired) electrons. The largest absolute Gasteiger partial charge is 0.516 e. The van der Waals surface area contributed by atoms with Crippen molar-refractivity contribution >= 4 is 15.9 Å². The van der Waals surface area contributed by atoms with Crippen molar-refractivity contribution in [3.8, 4) is 0 Å². The van der Waals surface area contributed by atoms with E-state index in [1.54, 1.807) is 0 Å². The van der Waals surface area contributed by atoms with Crippen molar-refractivity contribution in [1.82, 2.24) is 4.72 Å². The van der Waals surface area contributed by atoms with Gasteiger partial charge in [-0.25, -0.2) is 4.72 Å². The fraction of sp³-hybridized carbons (Fsp3) is 0.870. The smallest absolute Gasteiger partial charge is 0.274 e. The molecule has 8 heteroatoms. The van der Waals surface area contributed by atoms with Gasteiger partial charge in [0, 0.05) is 6.42 Å². The lowest BCUT2D eigenvalue weighted by Gasteiger charge is -2.09. The van der Waals surface area contributed by atoms with E-state index in [9.17, 15) is 26.4 Å². The second-order valence-corrected chi connectivity index (χ2v) is 9.90. The molecule has 0 aliphatic rings. The highest BCUT2D eigenvalue weighted by Gasteiger charge is 2.46. The van der Waals surface area contributed by atoms with Gasteiger partial charge < -0.3 is 0 Å². The minimum atomic E-state index is -5.58. The molecule has 0 fully saturated rings. The summed E-state index contributed by atoms with van der Waals surface area (Å²) in [7, 11) is -5.58. The van der Waals surface area contributed by atoms with Crippen LogP contribution in [-0.4, -0.2) is 19.8 Å². The molecule has 0 aliphatic carbocycles. The molecule has 0 aromatic rings. The van der Waals surface area contributed by atoms with Gasteiger partial charge in [-0.1, -0.05) is 96.1 Å². The molecule has 0 rings (SSSR count). The Morgan fingerprint density at radius 3 is 1.52 bits per heavy atom. The molecule has 1 amide bonds. The van der Waals surface area contributed by atoms with Gasteiger partial charge >= 0.3 is 15.5 Å². The van der Waals surface area contributed by atoms with Gasteiger partial charge in [0.2, 0.25) is 5.91 Å². The lowest BCUT2D eigenvalue weighted by Crippen LogP contribution is -2.40. The third-order valence-electron chi connectivity index (χ3n) is 5.22. The number of sulfonamides is 1. The maximum Gasteiger partial charge on any atom is 0.516 e. The molecule has 0 aliphatic heterocycles. The van der Waals surface area contributed by atoms with Crippen LogP contribution in [0.2, 0.25) is 0 Å². The first-order chi connectivity index (χ1) is 14.7. The summed E-state index contributed by atoms with van der Waals surface area (Å²) >= 11 is 0. The Morgan fingerprint density at radius 1 is 0.710 bits per heavy atom. The Hall–Kier alpha value is -1.05. The van der Waals surface area contributed by atoms with E-state index in [-0.39, 0.29) is 6.42 Å². The van der Waals surface area contributed by atoms with E-state index in [4.69, 9.17) is 0 Å². The highest BCUT2D eigenvalue weighted by molar-refractivity contribution is 7.90. The summed E-state index contributed by atoms with van der Waals surface area (Å²) in [5.74, 6) is -1.10. The number of carbonyl (C=O) groups is 1. The van der Waals surface area contributed by atoms with Crippen LogP contribution in [-0.2, 0) is 14.8 Å². The Bertz CT molecular complexity index is 575. The van der Waals surface area contributed by atoms with E-state index in [1.165, 1.54) is 70.6 Å². The molecular formula is C23H42F3NO3S. The molecular weight excluding hydrogens is 427 g/mol. The minimum Gasteiger partial charge on any atom is -0.274 e. The molecule has 0 aromatic heterocycles. The number of carbonyl (C=O) groups excluding carboxylic acids is 1. The number of hydrogen-bond acceptors (Lipinski definition) is 3. The molecule has 0 atom stereocenters. The molecule has 0 unspecified atom stereocenters. The third kappa shape index (κ3) is 18.2. The number of rotatable bonds is 20. The number of nitrogens with one attached hydrogen (secondary N) is 1. The number of unbranched alkanes of at least 4 members (excludes halogenated alkanes) is 15. The van der Waals surface area contributed by atoms with Gasteiger partial charge in [0.15, 0.2) is 0 Å². The first-order valence-corrected chi connectivity index (χ1v) is 13.5. The number of allylic oxidation sites excluding steroid dienone is 2. The van der Waals surface area contributed by atoms with Gasteiger partial charge in [-0.15, -0.1) is 0 Å². The van der Waals surface area contributed by atoms with Crippen LogP contribution < -0.4 is 4.72 Å². The maximum absolute atomic E-state index is 12.2. The van der Waals surface area contributed by atoms with E-state index in [0.29, 0.717) is 12.8 Å². The summed E-state index contributed by atoms with van der Waals surface area (Å²) in [6.45, 7) is 2.24. The standard InChI is InChI=1S/C23H42F3NO3S/c1-2-3-4-5-6-7-8-9-10-11-12-13-14-15-16-17-18-19-20-21-22(28)27-31(29,30)23(24,25)26/h9-10H,2-8,11-21H2,1H3,(H,27,28)/b10-9-. The Morgan fingerprint density at radius 2 is 1.10 bits per heavy atom. The van der Waals surface area contributed by atoms with Crippen LogP contribution in [0.1, 0.15) is 122 Å². The highest BCUT2D eigenvalue weighted by atomic mass is 32.2. The first kappa shape index (κ1) is 29.9. The molecule has 0 heterocycles. The normalized spacial score (nSPS) is 12.5. The summed E-state index contributed by atoms with van der Waals surface area (Å²) in [4.78, 5) is 11.3. The Kier molecular flexibility index (Phi) is 17.9. The lowest BCUT2D eigenvalue weighted by atomic mass is 10.1. The van der Waals surface area contributed by atoms with Crippen LogP contribution in [0.15, 0.2) is 12.2 Å². The van der Waals surface area contributed by atoms with Crippen LogP contribution in [0.25, 0.3) is 0 Å². The molecule has 184 valence electrons. The maximum atomic E-state index is 12.2. The minimum absolute atomic E-state index is 0.207. The summed E-state index contributed by atoms with van der Waals surface area (Å²) < 4.78 is 59.1. The molecule has 31 heavy (non-hydrogen) atoms. The third-order valence-corrected chi connectivity index (χ3v) is 6.32. The fourth-order valence-corrected chi connectivity index (χ4v) is 3.84. The van der Waals surface area contributed by atoms with Gasteiger partial charge in [-0.3, -0.25) is 4.79 Å². The van der Waals surface area contributed by atoms with E-state index in [1.807, 2.05) is 0 Å². The van der Waals surface area contributed by atoms with Crippen LogP contribution >= 0.6 is 0 Å². The van der Waals surface area contributed by atoms with Crippen molar-refractivity contribution in [2.75, 3.05) is 0 Å². The van der Waals surface area contributed by atoms with Gasteiger partial charge in [0.1, 0.15) is 0 Å². The number of amides is 1. The quantitative estimate of drug-likeness (QED) is 0.148. The predicted octanol–water partition coefficient (Wildman–Crippen LogP) is 7.55. The lowest BCUT2D eigenvalue weighted by molar-refractivity contribution is -0.120. The van der Waals surface area contributed by atoms with E-state index in [0.717, 1.165) is 30.4 Å². The summed E-state index contributed by atoms with van der Waals surface area (Å²) in [5.41, 5.74) is -5.45. The summed E-state index contributed by atoms with van der Waals surface area (Å²) in [6.07, 6.45) is 23.8. The first-order valence-electron chi connectivity index (χ1n) is 12.0. The molecule has 0 spiro atoms. The van der Waals surface area contributed by atoms with E-state index in [2.05, 4.69) is 19.1 Å². The number of hydrogen-bond donors (Lipinski definition) is 1. The van der Waals surface area contributed by atoms with Crippen molar-refractivity contribution in [1.29, 1.82) is 0 Å². The molecule has 0 aromatic carbocycles. The second kappa shape index (κ2) is 18.5. The van der Waals surface area contributed by atoms with Gasteiger partial charge in [0.25, 0.3) is 0 Å². The van der Waals surface area contributed by atoms with E-state index >= 15 is 0 Å². The number of halogens is 3. The van der Waals surface area contributed by atoms with E-state index < -0.39 is 21.4 Å². The van der Waals surface area contributed by atoms with Crippen LogP contribution in [0.5, 0.6) is 0 Å². The second-order valence-electron chi connectivity index (χ2n) is 8.22. The summed E-state index contributed by atoms with van der Waals surface area (Å²) in [6, 6.07) is 0. The van der Waals surface area contributed by atoms with Crippen molar-refractivity contribution in [2.24, 2.45) is 0 Å². The Labute approximate surface area is 187 Å². The molecule has 1 N–H and O–H groups in total. The van der Waals surface area contributed by atoms with Crippen molar-refractivity contribution in [3.05, 3.63) is 12.2 Å². The molecule has 0 bridgehead atoms. The molecule has 4 nitrogen and oxygen atoms in total. The summed E-state index contributed by atoms with van der Waals surface area (Å²) in [5, 5.41) is 0. The molecule has 0 saturated carbocycles. The van der Waals surface area contributed by atoms with Crippen molar-refractivity contribution < 1.29 is 26.4 Å². The fourth-order valence-electron chi connectivity index (χ4n) is 3.32. The topological polar surface area (TPSA) is 63.2 Å². The van der Waals surface area contributed by atoms with Gasteiger partial charge in [-0.05, 0) is 32.1 Å². The predicted molar refractivity (Wildman–Crippen MR) is 121 cm³/mol. The van der Waals surface area contributed by atoms with Crippen LogP contribution in [0.4, 0.5) is 13.2 Å². The van der Waals surface area contributed by atoms with Gasteiger partial charge in [0.05, 0.1) is 0 Å². The zero-order valence-corrected chi connectivity index (χ0v) is 20.0. The van der Waals surface area contributed by atoms with Crippen LogP contribution in [0.3, 0.4) is 0 Å².